The van der Waals surface area contributed by atoms with E-state index in [0.29, 0.717) is 17.7 Å². The van der Waals surface area contributed by atoms with E-state index in [0.717, 1.165) is 6.42 Å². The molecule has 0 spiro atoms. The van der Waals surface area contributed by atoms with E-state index in [9.17, 15) is 4.79 Å². The summed E-state index contributed by atoms with van der Waals surface area (Å²) in [7, 11) is 1.58. The van der Waals surface area contributed by atoms with Gasteiger partial charge in [0.1, 0.15) is 5.75 Å². The fourth-order valence-corrected chi connectivity index (χ4v) is 1.30. The minimum absolute atomic E-state index is 0.0521. The molecule has 3 heteroatoms. The lowest BCUT2D eigenvalue weighted by Gasteiger charge is -2.08. The number of hydrogen-bond acceptors (Lipinski definition) is 3. The number of ketones is 1. The van der Waals surface area contributed by atoms with Crippen molar-refractivity contribution in [2.45, 2.75) is 25.8 Å². The highest BCUT2D eigenvalue weighted by atomic mass is 16.5. The Balaban J connectivity index is 2.73. The number of ether oxygens (including phenoxy) is 1. The lowest BCUT2D eigenvalue weighted by atomic mass is 10.0. The van der Waals surface area contributed by atoms with Crippen molar-refractivity contribution in [1.29, 1.82) is 0 Å². The zero-order valence-corrected chi connectivity index (χ0v) is 9.19. The van der Waals surface area contributed by atoms with Crippen LogP contribution in [0.4, 0.5) is 0 Å². The molecule has 0 radical (unpaired) electrons. The topological polar surface area (TPSA) is 52.3 Å². The molecule has 2 N–H and O–H groups in total. The van der Waals surface area contributed by atoms with Gasteiger partial charge in [0.05, 0.1) is 7.11 Å². The van der Waals surface area contributed by atoms with Crippen molar-refractivity contribution in [2.24, 2.45) is 5.73 Å². The SMILES string of the molecule is CCC(N)CC(=O)c1cccc(OC)c1. The molecule has 0 aromatic heterocycles. The summed E-state index contributed by atoms with van der Waals surface area (Å²) in [5.41, 5.74) is 6.39. The number of methoxy groups -OCH3 is 1. The minimum Gasteiger partial charge on any atom is -0.497 e. The van der Waals surface area contributed by atoms with Gasteiger partial charge in [-0.1, -0.05) is 19.1 Å². The lowest BCUT2D eigenvalue weighted by molar-refractivity contribution is 0.0973. The normalized spacial score (nSPS) is 12.2. The number of rotatable bonds is 5. The molecule has 1 aromatic rings. The first-order valence-corrected chi connectivity index (χ1v) is 5.10. The zero-order chi connectivity index (χ0) is 11.3. The molecule has 0 bridgehead atoms. The average molecular weight is 207 g/mol. The molecule has 0 saturated heterocycles. The number of carbonyl (C=O) groups is 1. The summed E-state index contributed by atoms with van der Waals surface area (Å²) in [6.45, 7) is 1.98. The van der Waals surface area contributed by atoms with Crippen molar-refractivity contribution >= 4 is 5.78 Å². The molecule has 1 unspecified atom stereocenters. The van der Waals surface area contributed by atoms with Crippen molar-refractivity contribution in [2.75, 3.05) is 7.11 Å². The van der Waals surface area contributed by atoms with E-state index in [-0.39, 0.29) is 11.8 Å². The Morgan fingerprint density at radius 2 is 2.27 bits per heavy atom. The summed E-state index contributed by atoms with van der Waals surface area (Å²) in [6.07, 6.45) is 1.21. The van der Waals surface area contributed by atoms with Gasteiger partial charge in [-0.15, -0.1) is 0 Å². The predicted octanol–water partition coefficient (Wildman–Crippen LogP) is 2.01. The van der Waals surface area contributed by atoms with Crippen LogP contribution in [0.15, 0.2) is 24.3 Å². The van der Waals surface area contributed by atoms with Crippen LogP contribution >= 0.6 is 0 Å². The summed E-state index contributed by atoms with van der Waals surface area (Å²) < 4.78 is 5.05. The molecule has 3 nitrogen and oxygen atoms in total. The minimum atomic E-state index is -0.0521. The van der Waals surface area contributed by atoms with Crippen LogP contribution in [0.5, 0.6) is 5.75 Å². The number of carbonyl (C=O) groups excluding carboxylic acids is 1. The van der Waals surface area contributed by atoms with Crippen LogP contribution in [0, 0.1) is 0 Å². The molecule has 0 amide bonds. The van der Waals surface area contributed by atoms with Crippen LogP contribution < -0.4 is 10.5 Å². The van der Waals surface area contributed by atoms with E-state index >= 15 is 0 Å². The molecule has 82 valence electrons. The molecule has 0 aliphatic carbocycles. The quantitative estimate of drug-likeness (QED) is 0.751. The van der Waals surface area contributed by atoms with E-state index in [1.807, 2.05) is 19.1 Å². The van der Waals surface area contributed by atoms with Gasteiger partial charge in [-0.3, -0.25) is 4.79 Å². The molecule has 0 aliphatic heterocycles. The van der Waals surface area contributed by atoms with Crippen LogP contribution in [0.2, 0.25) is 0 Å². The molecule has 0 heterocycles. The molecular weight excluding hydrogens is 190 g/mol. The van der Waals surface area contributed by atoms with Gasteiger partial charge in [0, 0.05) is 18.0 Å². The Labute approximate surface area is 90.2 Å². The van der Waals surface area contributed by atoms with E-state index in [1.54, 1.807) is 19.2 Å². The van der Waals surface area contributed by atoms with Crippen LogP contribution in [0.1, 0.15) is 30.1 Å². The number of Topliss-reactive ketones (excluding diaryl/α,β-unsaturated/α-hetero) is 1. The highest BCUT2D eigenvalue weighted by Gasteiger charge is 2.10. The molecule has 1 aromatic carbocycles. The highest BCUT2D eigenvalue weighted by molar-refractivity contribution is 5.96. The maximum absolute atomic E-state index is 11.7. The lowest BCUT2D eigenvalue weighted by Crippen LogP contribution is -2.22. The smallest absolute Gasteiger partial charge is 0.164 e. The molecule has 0 saturated carbocycles. The fraction of sp³-hybridized carbons (Fsp3) is 0.417. The van der Waals surface area contributed by atoms with Crippen LogP contribution in [-0.2, 0) is 0 Å². The number of hydrogen-bond donors (Lipinski definition) is 1. The van der Waals surface area contributed by atoms with Crippen LogP contribution in [0.25, 0.3) is 0 Å². The Bertz CT molecular complexity index is 336. The van der Waals surface area contributed by atoms with Gasteiger partial charge >= 0.3 is 0 Å². The zero-order valence-electron chi connectivity index (χ0n) is 9.19. The molecule has 0 aliphatic rings. The first-order chi connectivity index (χ1) is 7.17. The van der Waals surface area contributed by atoms with E-state index < -0.39 is 0 Å². The van der Waals surface area contributed by atoms with Gasteiger partial charge in [0.15, 0.2) is 5.78 Å². The summed E-state index contributed by atoms with van der Waals surface area (Å²) in [5, 5.41) is 0. The third-order valence-corrected chi connectivity index (χ3v) is 2.36. The molecule has 1 rings (SSSR count). The first kappa shape index (κ1) is 11.7. The van der Waals surface area contributed by atoms with Crippen molar-refractivity contribution in [3.05, 3.63) is 29.8 Å². The third-order valence-electron chi connectivity index (χ3n) is 2.36. The number of nitrogens with two attached hydrogens (primary N) is 1. The second kappa shape index (κ2) is 5.51. The van der Waals surface area contributed by atoms with Crippen molar-refractivity contribution in [1.82, 2.24) is 0 Å². The van der Waals surface area contributed by atoms with Crippen LogP contribution in [0.3, 0.4) is 0 Å². The third kappa shape index (κ3) is 3.36. The van der Waals surface area contributed by atoms with Crippen LogP contribution in [-0.4, -0.2) is 18.9 Å². The second-order valence-electron chi connectivity index (χ2n) is 3.53. The van der Waals surface area contributed by atoms with Gasteiger partial charge in [-0.25, -0.2) is 0 Å². The molecule has 1 atom stereocenters. The van der Waals surface area contributed by atoms with Gasteiger partial charge in [-0.05, 0) is 18.6 Å². The Morgan fingerprint density at radius 3 is 2.87 bits per heavy atom. The average Bonchev–Trinajstić information content (AvgIpc) is 2.28. The maximum Gasteiger partial charge on any atom is 0.164 e. The fourth-order valence-electron chi connectivity index (χ4n) is 1.30. The maximum atomic E-state index is 11.7. The first-order valence-electron chi connectivity index (χ1n) is 5.10. The summed E-state index contributed by atoms with van der Waals surface area (Å²) in [5.74, 6) is 0.772. The second-order valence-corrected chi connectivity index (χ2v) is 3.53. The standard InChI is InChI=1S/C12H17NO2/c1-3-10(13)8-12(14)9-5-4-6-11(7-9)15-2/h4-7,10H,3,8,13H2,1-2H3. The molecule has 0 fully saturated rings. The Morgan fingerprint density at radius 1 is 1.53 bits per heavy atom. The van der Waals surface area contributed by atoms with E-state index in [4.69, 9.17) is 10.5 Å². The Hall–Kier alpha value is -1.35. The van der Waals surface area contributed by atoms with Crippen molar-refractivity contribution in [3.63, 3.8) is 0 Å². The Kier molecular flexibility index (Phi) is 4.31. The van der Waals surface area contributed by atoms with Crippen molar-refractivity contribution in [3.8, 4) is 5.75 Å². The summed E-state index contributed by atoms with van der Waals surface area (Å²) in [4.78, 5) is 11.7. The highest BCUT2D eigenvalue weighted by Crippen LogP contribution is 2.14. The summed E-state index contributed by atoms with van der Waals surface area (Å²) in [6, 6.07) is 7.10. The van der Waals surface area contributed by atoms with Gasteiger partial charge in [0.2, 0.25) is 0 Å². The molecule has 15 heavy (non-hydrogen) atoms. The van der Waals surface area contributed by atoms with Gasteiger partial charge < -0.3 is 10.5 Å². The van der Waals surface area contributed by atoms with Gasteiger partial charge in [0.25, 0.3) is 0 Å². The molecular formula is C12H17NO2. The number of benzene rings is 1. The van der Waals surface area contributed by atoms with E-state index in [1.165, 1.54) is 0 Å². The van der Waals surface area contributed by atoms with E-state index in [2.05, 4.69) is 0 Å². The monoisotopic (exact) mass is 207 g/mol. The van der Waals surface area contributed by atoms with Gasteiger partial charge in [-0.2, -0.15) is 0 Å². The largest absolute Gasteiger partial charge is 0.497 e. The van der Waals surface area contributed by atoms with Crippen molar-refractivity contribution < 1.29 is 9.53 Å². The predicted molar refractivity (Wildman–Crippen MR) is 60.2 cm³/mol. The summed E-state index contributed by atoms with van der Waals surface area (Å²) >= 11 is 0.